The van der Waals surface area contributed by atoms with Crippen molar-refractivity contribution < 1.29 is 14.6 Å². The van der Waals surface area contributed by atoms with E-state index in [4.69, 9.17) is 4.74 Å². The molecule has 0 aliphatic carbocycles. The highest BCUT2D eigenvalue weighted by atomic mass is 16.5. The van der Waals surface area contributed by atoms with Gasteiger partial charge < -0.3 is 25.0 Å². The van der Waals surface area contributed by atoms with Crippen LogP contribution in [0.5, 0.6) is 5.75 Å². The molecule has 0 aliphatic heterocycles. The predicted octanol–water partition coefficient (Wildman–Crippen LogP) is 2.56. The average molecular weight is 367 g/mol. The van der Waals surface area contributed by atoms with Crippen molar-refractivity contribution in [3.63, 3.8) is 0 Å². The normalized spacial score (nSPS) is 10.6. The van der Waals surface area contributed by atoms with Gasteiger partial charge in [0.2, 0.25) is 0 Å². The summed E-state index contributed by atoms with van der Waals surface area (Å²) in [4.78, 5) is 29.2. The van der Waals surface area contributed by atoms with Crippen LogP contribution in [0, 0.1) is 0 Å². The number of rotatable bonds is 6. The smallest absolute Gasteiger partial charge is 0.322 e. The van der Waals surface area contributed by atoms with Gasteiger partial charge in [0, 0.05) is 28.7 Å². The first-order chi connectivity index (χ1) is 13.1. The molecule has 0 saturated carbocycles. The number of H-pyrrole nitrogens is 1. The largest absolute Gasteiger partial charge is 0.497 e. The summed E-state index contributed by atoms with van der Waals surface area (Å²) in [5, 5.41) is 12.9. The first-order valence-corrected chi connectivity index (χ1v) is 8.52. The van der Waals surface area contributed by atoms with Crippen LogP contribution in [0.25, 0.3) is 10.9 Å². The van der Waals surface area contributed by atoms with E-state index in [9.17, 15) is 14.7 Å². The number of nitrogens with one attached hydrogen (secondary N) is 2. The summed E-state index contributed by atoms with van der Waals surface area (Å²) in [6.45, 7) is -0.0303. The molecule has 0 spiro atoms. The molecule has 0 radical (unpaired) electrons. The first-order valence-electron chi connectivity index (χ1n) is 8.52. The van der Waals surface area contributed by atoms with Crippen molar-refractivity contribution in [2.45, 2.75) is 6.54 Å². The minimum Gasteiger partial charge on any atom is -0.497 e. The second-order valence-electron chi connectivity index (χ2n) is 6.02. The van der Waals surface area contributed by atoms with Gasteiger partial charge in [0.25, 0.3) is 5.56 Å². The molecule has 0 fully saturated rings. The Morgan fingerprint density at radius 1 is 1.19 bits per heavy atom. The number of aliphatic hydroxyl groups excluding tert-OH is 1. The molecule has 2 amide bonds. The molecule has 2 aromatic carbocycles. The number of anilines is 1. The standard InChI is InChI=1S/C20H21N3O4/c1-27-17-7-8-18-14(12-17)11-15(19(25)22-18)13-23(9-10-24)20(26)21-16-5-3-2-4-6-16/h2-8,11-12,24H,9-10,13H2,1H3,(H,21,26)(H,22,25). The van der Waals surface area contributed by atoms with E-state index in [1.54, 1.807) is 37.4 Å². The Hall–Kier alpha value is -3.32. The molecule has 3 aromatic rings. The van der Waals surface area contributed by atoms with Crippen LogP contribution in [0.1, 0.15) is 5.56 Å². The maximum Gasteiger partial charge on any atom is 0.322 e. The number of urea groups is 1. The molecule has 0 aliphatic rings. The van der Waals surface area contributed by atoms with Crippen LogP contribution < -0.4 is 15.6 Å². The second kappa shape index (κ2) is 8.37. The number of pyridine rings is 1. The molecule has 1 aromatic heterocycles. The number of nitrogens with zero attached hydrogens (tertiary/aromatic N) is 1. The Morgan fingerprint density at radius 2 is 1.96 bits per heavy atom. The molecule has 27 heavy (non-hydrogen) atoms. The lowest BCUT2D eigenvalue weighted by molar-refractivity contribution is 0.185. The molecule has 0 bridgehead atoms. The van der Waals surface area contributed by atoms with Crippen molar-refractivity contribution in [3.8, 4) is 5.75 Å². The number of fused-ring (bicyclic) bond motifs is 1. The maximum atomic E-state index is 12.6. The van der Waals surface area contributed by atoms with Crippen LogP contribution in [0.3, 0.4) is 0 Å². The molecule has 0 atom stereocenters. The van der Waals surface area contributed by atoms with E-state index < -0.39 is 0 Å². The van der Waals surface area contributed by atoms with Gasteiger partial charge in [0.1, 0.15) is 5.75 Å². The fraction of sp³-hybridized carbons (Fsp3) is 0.200. The topological polar surface area (TPSA) is 94.7 Å². The van der Waals surface area contributed by atoms with Crippen molar-refractivity contribution in [1.29, 1.82) is 0 Å². The van der Waals surface area contributed by atoms with Crippen molar-refractivity contribution in [3.05, 3.63) is 70.5 Å². The molecule has 7 heteroatoms. The third-order valence-electron chi connectivity index (χ3n) is 4.17. The van der Waals surface area contributed by atoms with Crippen molar-refractivity contribution in [1.82, 2.24) is 9.88 Å². The molecule has 0 saturated heterocycles. The van der Waals surface area contributed by atoms with Crippen molar-refractivity contribution in [2.75, 3.05) is 25.6 Å². The van der Waals surface area contributed by atoms with Gasteiger partial charge in [-0.15, -0.1) is 0 Å². The lowest BCUT2D eigenvalue weighted by Crippen LogP contribution is -2.38. The van der Waals surface area contributed by atoms with Gasteiger partial charge >= 0.3 is 6.03 Å². The van der Waals surface area contributed by atoms with Gasteiger partial charge in [-0.3, -0.25) is 4.79 Å². The van der Waals surface area contributed by atoms with Gasteiger partial charge in [-0.05, 0) is 36.4 Å². The SMILES string of the molecule is COc1ccc2[nH]c(=O)c(CN(CCO)C(=O)Nc3ccccc3)cc2c1. The zero-order valence-electron chi connectivity index (χ0n) is 14.9. The summed E-state index contributed by atoms with van der Waals surface area (Å²) < 4.78 is 5.22. The maximum absolute atomic E-state index is 12.6. The quantitative estimate of drug-likeness (QED) is 0.624. The number of methoxy groups -OCH3 is 1. The number of para-hydroxylation sites is 1. The van der Waals surface area contributed by atoms with Gasteiger partial charge in [-0.1, -0.05) is 18.2 Å². The Morgan fingerprint density at radius 3 is 2.67 bits per heavy atom. The molecule has 3 rings (SSSR count). The number of aromatic nitrogens is 1. The van der Waals surface area contributed by atoms with E-state index >= 15 is 0 Å². The van der Waals surface area contributed by atoms with Crippen LogP contribution in [-0.4, -0.2) is 41.3 Å². The first kappa shape index (κ1) is 18.5. The molecule has 0 unspecified atom stereocenters. The van der Waals surface area contributed by atoms with E-state index in [0.29, 0.717) is 22.5 Å². The number of hydrogen-bond donors (Lipinski definition) is 3. The van der Waals surface area contributed by atoms with Crippen LogP contribution in [0.2, 0.25) is 0 Å². The number of amides is 2. The predicted molar refractivity (Wildman–Crippen MR) is 104 cm³/mol. The number of benzene rings is 2. The number of hydrogen-bond acceptors (Lipinski definition) is 4. The van der Waals surface area contributed by atoms with E-state index in [2.05, 4.69) is 10.3 Å². The third-order valence-corrected chi connectivity index (χ3v) is 4.17. The summed E-state index contributed by atoms with van der Waals surface area (Å²) in [6, 6.07) is 15.7. The highest BCUT2D eigenvalue weighted by Crippen LogP contribution is 2.19. The van der Waals surface area contributed by atoms with E-state index in [0.717, 1.165) is 5.39 Å². The zero-order chi connectivity index (χ0) is 19.2. The molecular weight excluding hydrogens is 346 g/mol. The second-order valence-corrected chi connectivity index (χ2v) is 6.02. The lowest BCUT2D eigenvalue weighted by Gasteiger charge is -2.22. The van der Waals surface area contributed by atoms with Crippen LogP contribution >= 0.6 is 0 Å². The lowest BCUT2D eigenvalue weighted by atomic mass is 10.1. The molecular formula is C20H21N3O4. The van der Waals surface area contributed by atoms with E-state index in [1.165, 1.54) is 4.90 Å². The Bertz CT molecular complexity index is 985. The highest BCUT2D eigenvalue weighted by Gasteiger charge is 2.16. The highest BCUT2D eigenvalue weighted by molar-refractivity contribution is 5.89. The van der Waals surface area contributed by atoms with Gasteiger partial charge in [-0.2, -0.15) is 0 Å². The summed E-state index contributed by atoms with van der Waals surface area (Å²) in [6.07, 6.45) is 0. The fourth-order valence-electron chi connectivity index (χ4n) is 2.78. The van der Waals surface area contributed by atoms with Gasteiger partial charge in [-0.25, -0.2) is 4.79 Å². The van der Waals surface area contributed by atoms with Crippen molar-refractivity contribution in [2.24, 2.45) is 0 Å². The van der Waals surface area contributed by atoms with Gasteiger partial charge in [0.15, 0.2) is 0 Å². The van der Waals surface area contributed by atoms with Crippen molar-refractivity contribution >= 4 is 22.6 Å². The summed E-state index contributed by atoms with van der Waals surface area (Å²) in [7, 11) is 1.57. The third kappa shape index (κ3) is 4.45. The summed E-state index contributed by atoms with van der Waals surface area (Å²) >= 11 is 0. The molecule has 7 nitrogen and oxygen atoms in total. The van der Waals surface area contributed by atoms with Gasteiger partial charge in [0.05, 0.1) is 20.3 Å². The fourth-order valence-corrected chi connectivity index (χ4v) is 2.78. The van der Waals surface area contributed by atoms with Crippen LogP contribution in [0.15, 0.2) is 59.4 Å². The Labute approximate surface area is 156 Å². The molecule has 3 N–H and O–H groups in total. The average Bonchev–Trinajstić information content (AvgIpc) is 2.68. The van der Waals surface area contributed by atoms with E-state index in [-0.39, 0.29) is 31.3 Å². The number of ether oxygens (including phenoxy) is 1. The number of aromatic amines is 1. The van der Waals surface area contributed by atoms with Crippen LogP contribution in [0.4, 0.5) is 10.5 Å². The number of aliphatic hydroxyl groups is 1. The summed E-state index contributed by atoms with van der Waals surface area (Å²) in [5.41, 5.74) is 1.48. The molecule has 1 heterocycles. The molecule has 140 valence electrons. The summed E-state index contributed by atoms with van der Waals surface area (Å²) in [5.74, 6) is 0.675. The minimum atomic E-state index is -0.389. The Balaban J connectivity index is 1.86. The monoisotopic (exact) mass is 367 g/mol. The number of carbonyl (C=O) groups is 1. The van der Waals surface area contributed by atoms with E-state index in [1.807, 2.05) is 24.3 Å². The zero-order valence-corrected chi connectivity index (χ0v) is 14.9. The Kier molecular flexibility index (Phi) is 5.73. The van der Waals surface area contributed by atoms with Crippen LogP contribution in [-0.2, 0) is 6.54 Å². The minimum absolute atomic E-state index is 0.0711. The number of carbonyl (C=O) groups excluding carboxylic acids is 1.